The van der Waals surface area contributed by atoms with E-state index in [9.17, 15) is 40.8 Å². The van der Waals surface area contributed by atoms with Gasteiger partial charge in [0.1, 0.15) is 5.75 Å². The van der Waals surface area contributed by atoms with Crippen LogP contribution in [0.15, 0.2) is 72.8 Å². The highest BCUT2D eigenvalue weighted by Crippen LogP contribution is 2.38. The summed E-state index contributed by atoms with van der Waals surface area (Å²) < 4.78 is 76.0. The lowest BCUT2D eigenvalue weighted by Gasteiger charge is -2.37. The quantitative estimate of drug-likeness (QED) is 0.101. The lowest BCUT2D eigenvalue weighted by Crippen LogP contribution is -2.47. The van der Waals surface area contributed by atoms with Crippen molar-refractivity contribution in [2.75, 3.05) is 52.4 Å². The third-order valence-electron chi connectivity index (χ3n) is 18.3. The Kier molecular flexibility index (Phi) is 16.2. The molecule has 428 valence electrons. The molecule has 7 heterocycles. The summed E-state index contributed by atoms with van der Waals surface area (Å²) in [6.45, 7) is 14.9. The monoisotopic (exact) mass is 1120 g/mol. The first-order valence-electron chi connectivity index (χ1n) is 28.2. The van der Waals surface area contributed by atoms with Crippen molar-refractivity contribution in [1.29, 1.82) is 0 Å². The van der Waals surface area contributed by atoms with E-state index in [2.05, 4.69) is 47.7 Å². The lowest BCUT2D eigenvalue weighted by atomic mass is 9.77. The van der Waals surface area contributed by atoms with Crippen LogP contribution in [0.2, 0.25) is 0 Å². The highest BCUT2D eigenvalue weighted by Gasteiger charge is 2.52. The maximum Gasteiger partial charge on any atom is 0.534 e. The third-order valence-corrected chi connectivity index (χ3v) is 19.3. The van der Waals surface area contributed by atoms with E-state index < -0.39 is 21.4 Å². The fraction of sp³-hybridized carbons (Fsp3) is 0.533. The average Bonchev–Trinajstić information content (AvgIpc) is 4.17. The molecular weight excluding hydrogens is 1050 g/mol. The average molecular weight is 1120 g/mol. The summed E-state index contributed by atoms with van der Waals surface area (Å²) in [7, 11) is -6.09. The molecule has 9 aliphatic rings. The van der Waals surface area contributed by atoms with Crippen molar-refractivity contribution < 1.29 is 54.3 Å². The van der Waals surface area contributed by atoms with Gasteiger partial charge in [0.25, 0.3) is 23.6 Å². The van der Waals surface area contributed by atoms with Gasteiger partial charge in [-0.3, -0.25) is 29.0 Å². The van der Waals surface area contributed by atoms with Crippen LogP contribution in [0.3, 0.4) is 0 Å². The lowest BCUT2D eigenvalue weighted by molar-refractivity contribution is -0.0500. The van der Waals surface area contributed by atoms with E-state index in [1.165, 1.54) is 50.7 Å². The molecule has 0 unspecified atom stereocenters. The molecule has 2 atom stereocenters. The number of rotatable bonds is 8. The first-order chi connectivity index (χ1) is 37.6. The molecule has 0 radical (unpaired) electrons. The highest BCUT2D eigenvalue weighted by molar-refractivity contribution is 7.88. The van der Waals surface area contributed by atoms with E-state index in [0.29, 0.717) is 49.3 Å². The topological polar surface area (TPSA) is 167 Å². The molecule has 7 aliphatic heterocycles. The van der Waals surface area contributed by atoms with E-state index in [4.69, 9.17) is 9.31 Å². The Labute approximate surface area is 468 Å². The van der Waals surface area contributed by atoms with Crippen LogP contribution in [0.5, 0.6) is 5.75 Å². The van der Waals surface area contributed by atoms with Crippen LogP contribution < -0.4 is 20.3 Å². The molecule has 2 saturated carbocycles. The van der Waals surface area contributed by atoms with Gasteiger partial charge in [0.05, 0.1) is 11.2 Å². The second-order valence-corrected chi connectivity index (χ2v) is 25.1. The predicted octanol–water partition coefficient (Wildman–Crippen LogP) is 7.71. The number of nitrogens with one attached hydrogen (secondary N) is 2. The minimum atomic E-state index is -5.73. The van der Waals surface area contributed by atoms with Gasteiger partial charge in [-0.2, -0.15) is 21.6 Å². The first-order valence-corrected chi connectivity index (χ1v) is 29.6. The Hall–Kier alpha value is -5.80. The number of alkyl halides is 3. The minimum Gasteiger partial charge on any atom is -0.399 e. The number of hydrogen-bond donors (Lipinski definition) is 2. The fourth-order valence-electron chi connectivity index (χ4n) is 12.5. The summed E-state index contributed by atoms with van der Waals surface area (Å²) in [5.41, 5.74) is 3.70. The number of amides is 4. The van der Waals surface area contributed by atoms with Crippen molar-refractivity contribution in [3.8, 4) is 16.9 Å². The summed E-state index contributed by atoms with van der Waals surface area (Å²) in [6, 6.07) is 23.8. The Bertz CT molecular complexity index is 3150. The summed E-state index contributed by atoms with van der Waals surface area (Å²) in [4.78, 5) is 59.0. The van der Waals surface area contributed by atoms with E-state index >= 15 is 0 Å². The van der Waals surface area contributed by atoms with Crippen LogP contribution >= 0.6 is 0 Å². The summed E-state index contributed by atoms with van der Waals surface area (Å²) in [6.07, 6.45) is 12.8. The summed E-state index contributed by atoms with van der Waals surface area (Å²) >= 11 is 0. The molecule has 20 heteroatoms. The van der Waals surface area contributed by atoms with Gasteiger partial charge in [0, 0.05) is 98.8 Å². The molecule has 5 fully saturated rings. The Balaban J connectivity index is 0.000000137. The standard InChI is InChI=1S/C26H29N3O2.C18H21F3N2O4S.C15H20BNO3.CH4/c30-25-23-6-4-17(14-19(23)8-11-27-25)18-5-7-24-20(15-18)9-13-29(26(24)31)22-10-12-28(16-22)21-2-1-3-21;19-18(20,21)28(25,26)27-15-4-5-16-12(10-15)6-9-23(17(16)24)14-7-8-22(11-14)13-2-1-3-13;1-14(2)15(3,4)20-16(19-14)11-5-6-12-10(9-11)7-8-17-13(12)18;/h4-7,14-15,21-22H,1-3,8-13,16H2,(H,27,30);4-5,10,13-14H,1-3,6-9,11H2;5-6,9H,7-8H2,1-4H3,(H,17,18);1H4/t22-;14-;;/m11../s1. The van der Waals surface area contributed by atoms with E-state index in [-0.39, 0.29) is 55.4 Å². The zero-order valence-electron chi connectivity index (χ0n) is 45.5. The first kappa shape index (κ1) is 57.4. The number of carbonyl (C=O) groups excluding carboxylic acids is 4. The number of benzene rings is 4. The van der Waals surface area contributed by atoms with Crippen molar-refractivity contribution in [1.82, 2.24) is 30.2 Å². The number of fused-ring (bicyclic) bond motifs is 4. The Morgan fingerprint density at radius 2 is 1.00 bits per heavy atom. The van der Waals surface area contributed by atoms with Gasteiger partial charge in [-0.1, -0.05) is 56.7 Å². The van der Waals surface area contributed by atoms with Gasteiger partial charge in [-0.25, -0.2) is 0 Å². The molecule has 3 saturated heterocycles. The van der Waals surface area contributed by atoms with Crippen molar-refractivity contribution in [3.05, 3.63) is 117 Å². The maximum atomic E-state index is 13.3. The molecule has 0 aromatic heterocycles. The smallest absolute Gasteiger partial charge is 0.399 e. The van der Waals surface area contributed by atoms with Crippen molar-refractivity contribution >= 4 is 46.3 Å². The van der Waals surface area contributed by atoms with Crippen LogP contribution in [0.25, 0.3) is 11.1 Å². The van der Waals surface area contributed by atoms with Gasteiger partial charge >= 0.3 is 22.7 Å². The van der Waals surface area contributed by atoms with Crippen LogP contribution in [0, 0.1) is 0 Å². The molecule has 2 N–H and O–H groups in total. The third kappa shape index (κ3) is 11.4. The number of likely N-dealkylation sites (tertiary alicyclic amines) is 2. The number of halogens is 3. The predicted molar refractivity (Wildman–Crippen MR) is 300 cm³/mol. The van der Waals surface area contributed by atoms with E-state index in [1.807, 2.05) is 69.0 Å². The Morgan fingerprint density at radius 1 is 0.562 bits per heavy atom. The van der Waals surface area contributed by atoms with Crippen LogP contribution in [-0.4, -0.2) is 152 Å². The molecule has 13 rings (SSSR count). The molecule has 2 aliphatic carbocycles. The van der Waals surface area contributed by atoms with Gasteiger partial charge in [0.15, 0.2) is 0 Å². The van der Waals surface area contributed by atoms with Gasteiger partial charge in [-0.05, 0) is 167 Å². The molecule has 4 aromatic rings. The summed E-state index contributed by atoms with van der Waals surface area (Å²) in [5.74, 6) is -0.366. The number of nitrogens with zero attached hydrogens (tertiary/aromatic N) is 4. The SMILES string of the molecule is C.CC1(C)OB(c2ccc3c(c2)CCNC3=O)OC1(C)C.O=C1NCCc2cc(-c3ccc4c(c3)CCN([C@@H]3CCN(C5CCC5)C3)C4=O)ccc21.O=C1c2ccc(OS(=O)(=O)C(F)(F)F)cc2CCN1[C@@H]1CCN(C2CCC2)C1. The number of hydrogen-bond acceptors (Lipinski definition) is 11. The highest BCUT2D eigenvalue weighted by atomic mass is 32.2. The van der Waals surface area contributed by atoms with Crippen LogP contribution in [0.1, 0.15) is 150 Å². The largest absolute Gasteiger partial charge is 0.534 e. The zero-order chi connectivity index (χ0) is 55.6. The molecule has 0 bridgehead atoms. The molecule has 4 amide bonds. The van der Waals surface area contributed by atoms with Crippen molar-refractivity contribution in [3.63, 3.8) is 0 Å². The van der Waals surface area contributed by atoms with Gasteiger partial charge in [0.2, 0.25) is 0 Å². The van der Waals surface area contributed by atoms with E-state index in [0.717, 1.165) is 127 Å². The fourth-order valence-corrected chi connectivity index (χ4v) is 12.9. The molecule has 4 aromatic carbocycles. The summed E-state index contributed by atoms with van der Waals surface area (Å²) in [5, 5.41) is 5.75. The molecule has 0 spiro atoms. The Morgan fingerprint density at radius 3 is 1.48 bits per heavy atom. The van der Waals surface area contributed by atoms with Gasteiger partial charge in [-0.15, -0.1) is 0 Å². The normalized spacial score (nSPS) is 23.6. The van der Waals surface area contributed by atoms with Crippen LogP contribution in [0.4, 0.5) is 13.2 Å². The minimum absolute atomic E-state index is 0. The molecule has 80 heavy (non-hydrogen) atoms. The van der Waals surface area contributed by atoms with Crippen molar-refractivity contribution in [2.45, 2.75) is 153 Å². The maximum absolute atomic E-state index is 13.3. The molecule has 15 nitrogen and oxygen atoms in total. The van der Waals surface area contributed by atoms with Gasteiger partial charge < -0.3 is 33.9 Å². The number of carbonyl (C=O) groups is 4. The second-order valence-electron chi connectivity index (χ2n) is 23.6. The zero-order valence-corrected chi connectivity index (χ0v) is 46.3. The second kappa shape index (κ2) is 22.5. The molecular formula is C60H74BF3N6O9S. The van der Waals surface area contributed by atoms with E-state index in [1.54, 1.807) is 0 Å². The van der Waals surface area contributed by atoms with Crippen molar-refractivity contribution in [2.24, 2.45) is 0 Å². The van der Waals surface area contributed by atoms with Crippen LogP contribution in [-0.2, 0) is 45.1 Å².